The molecule has 2 fully saturated rings. The van der Waals surface area contributed by atoms with E-state index in [4.69, 9.17) is 4.74 Å². The zero-order chi connectivity index (χ0) is 17.8. The van der Waals surface area contributed by atoms with E-state index >= 15 is 0 Å². The van der Waals surface area contributed by atoms with E-state index in [2.05, 4.69) is 22.2 Å². The van der Waals surface area contributed by atoms with Crippen molar-refractivity contribution in [1.82, 2.24) is 9.80 Å². The highest BCUT2D eigenvalue weighted by Crippen LogP contribution is 2.22. The standard InChI is InChI=1S/C18H26N4O3/c1-20-10-12-21(13-11-20)15-7-5-14(6-8-15)19-17(23)16-4-3-9-22(16)18(24)25-2/h5-8,16H,3-4,9-13H2,1-2H3,(H,19,23). The topological polar surface area (TPSA) is 65.1 Å². The Kier molecular flexibility index (Phi) is 5.43. The van der Waals surface area contributed by atoms with E-state index in [1.54, 1.807) is 0 Å². The lowest BCUT2D eigenvalue weighted by atomic mass is 10.2. The molecule has 2 aliphatic heterocycles. The number of piperazine rings is 1. The number of carbonyl (C=O) groups excluding carboxylic acids is 2. The lowest BCUT2D eigenvalue weighted by Gasteiger charge is -2.34. The number of hydrogen-bond donors (Lipinski definition) is 1. The zero-order valence-electron chi connectivity index (χ0n) is 14.9. The molecule has 2 aliphatic rings. The average molecular weight is 346 g/mol. The Morgan fingerprint density at radius 1 is 1.08 bits per heavy atom. The lowest BCUT2D eigenvalue weighted by molar-refractivity contribution is -0.119. The molecule has 0 aliphatic carbocycles. The molecule has 25 heavy (non-hydrogen) atoms. The van der Waals surface area contributed by atoms with Gasteiger partial charge in [0.15, 0.2) is 0 Å². The number of amides is 2. The van der Waals surface area contributed by atoms with Gasteiger partial charge >= 0.3 is 6.09 Å². The van der Waals surface area contributed by atoms with Crippen LogP contribution in [0.3, 0.4) is 0 Å². The first-order valence-electron chi connectivity index (χ1n) is 8.77. The molecule has 136 valence electrons. The number of methoxy groups -OCH3 is 1. The third-order valence-corrected chi connectivity index (χ3v) is 4.97. The summed E-state index contributed by atoms with van der Waals surface area (Å²) in [5.41, 5.74) is 1.92. The van der Waals surface area contributed by atoms with Crippen molar-refractivity contribution in [3.05, 3.63) is 24.3 Å². The Bertz CT molecular complexity index is 611. The number of carbonyl (C=O) groups is 2. The molecule has 1 aromatic carbocycles. The van der Waals surface area contributed by atoms with E-state index in [9.17, 15) is 9.59 Å². The predicted octanol–water partition coefficient (Wildman–Crippen LogP) is 1.61. The summed E-state index contributed by atoms with van der Waals surface area (Å²) in [6.45, 7) is 4.71. The van der Waals surface area contributed by atoms with Crippen LogP contribution in [0.5, 0.6) is 0 Å². The molecule has 0 spiro atoms. The molecule has 3 rings (SSSR count). The number of hydrogen-bond acceptors (Lipinski definition) is 5. The largest absolute Gasteiger partial charge is 0.453 e. The van der Waals surface area contributed by atoms with Gasteiger partial charge in [0, 0.05) is 44.1 Å². The maximum atomic E-state index is 12.5. The van der Waals surface area contributed by atoms with Crippen LogP contribution in [-0.2, 0) is 9.53 Å². The van der Waals surface area contributed by atoms with Crippen molar-refractivity contribution in [3.63, 3.8) is 0 Å². The average Bonchev–Trinajstić information content (AvgIpc) is 3.12. The Hall–Kier alpha value is -2.28. The zero-order valence-corrected chi connectivity index (χ0v) is 14.9. The van der Waals surface area contributed by atoms with Gasteiger partial charge in [-0.1, -0.05) is 0 Å². The number of likely N-dealkylation sites (tertiary alicyclic amines) is 1. The van der Waals surface area contributed by atoms with Gasteiger partial charge in [0.05, 0.1) is 7.11 Å². The molecule has 7 nitrogen and oxygen atoms in total. The first-order valence-corrected chi connectivity index (χ1v) is 8.77. The number of nitrogens with zero attached hydrogens (tertiary/aromatic N) is 3. The molecular weight excluding hydrogens is 320 g/mol. The highest BCUT2D eigenvalue weighted by Gasteiger charge is 2.34. The van der Waals surface area contributed by atoms with Gasteiger partial charge in [0.25, 0.3) is 0 Å². The fourth-order valence-corrected chi connectivity index (χ4v) is 3.42. The monoisotopic (exact) mass is 346 g/mol. The van der Waals surface area contributed by atoms with E-state index in [-0.39, 0.29) is 5.91 Å². The van der Waals surface area contributed by atoms with Crippen LogP contribution in [0.1, 0.15) is 12.8 Å². The SMILES string of the molecule is COC(=O)N1CCCC1C(=O)Nc1ccc(N2CCN(C)CC2)cc1. The van der Waals surface area contributed by atoms with Gasteiger partial charge in [-0.25, -0.2) is 4.79 Å². The fourth-order valence-electron chi connectivity index (χ4n) is 3.42. The Morgan fingerprint density at radius 2 is 1.76 bits per heavy atom. The highest BCUT2D eigenvalue weighted by molar-refractivity contribution is 5.97. The van der Waals surface area contributed by atoms with E-state index < -0.39 is 12.1 Å². The maximum Gasteiger partial charge on any atom is 0.410 e. The quantitative estimate of drug-likeness (QED) is 0.901. The minimum atomic E-state index is -0.454. The highest BCUT2D eigenvalue weighted by atomic mass is 16.5. The molecule has 1 aromatic rings. The lowest BCUT2D eigenvalue weighted by Crippen LogP contribution is -2.44. The second-order valence-electron chi connectivity index (χ2n) is 6.65. The molecule has 0 radical (unpaired) electrons. The van der Waals surface area contributed by atoms with E-state index in [1.807, 2.05) is 24.3 Å². The van der Waals surface area contributed by atoms with E-state index in [0.29, 0.717) is 13.0 Å². The molecule has 1 N–H and O–H groups in total. The van der Waals surface area contributed by atoms with Crippen LogP contribution >= 0.6 is 0 Å². The predicted molar refractivity (Wildman–Crippen MR) is 96.9 cm³/mol. The number of nitrogens with one attached hydrogen (secondary N) is 1. The molecule has 2 heterocycles. The van der Waals surface area contributed by atoms with Gasteiger partial charge < -0.3 is 19.9 Å². The van der Waals surface area contributed by atoms with E-state index in [0.717, 1.165) is 38.3 Å². The van der Waals surface area contributed by atoms with Crippen LogP contribution in [0, 0.1) is 0 Å². The molecular formula is C18H26N4O3. The molecule has 2 saturated heterocycles. The van der Waals surface area contributed by atoms with Crippen LogP contribution in [0.25, 0.3) is 0 Å². The molecule has 0 saturated carbocycles. The number of ether oxygens (including phenoxy) is 1. The van der Waals surface area contributed by atoms with Crippen molar-refractivity contribution in [2.75, 3.05) is 57.1 Å². The minimum Gasteiger partial charge on any atom is -0.453 e. The third-order valence-electron chi connectivity index (χ3n) is 4.97. The third kappa shape index (κ3) is 4.04. The second-order valence-corrected chi connectivity index (χ2v) is 6.65. The first-order chi connectivity index (χ1) is 12.1. The number of likely N-dealkylation sites (N-methyl/N-ethyl adjacent to an activating group) is 1. The number of anilines is 2. The van der Waals surface area contributed by atoms with Gasteiger partial charge in [-0.15, -0.1) is 0 Å². The summed E-state index contributed by atoms with van der Waals surface area (Å²) in [4.78, 5) is 30.4. The summed E-state index contributed by atoms with van der Waals surface area (Å²) in [7, 11) is 3.48. The molecule has 1 unspecified atom stereocenters. The molecule has 1 atom stereocenters. The number of benzene rings is 1. The van der Waals surface area contributed by atoms with Crippen LogP contribution < -0.4 is 10.2 Å². The molecule has 2 amide bonds. The Balaban J connectivity index is 1.59. The summed E-state index contributed by atoms with van der Waals surface area (Å²) < 4.78 is 4.75. The van der Waals surface area contributed by atoms with E-state index in [1.165, 1.54) is 17.7 Å². The first kappa shape index (κ1) is 17.5. The maximum absolute atomic E-state index is 12.5. The molecule has 7 heteroatoms. The summed E-state index contributed by atoms with van der Waals surface area (Å²) in [5.74, 6) is -0.157. The van der Waals surface area contributed by atoms with Crippen molar-refractivity contribution in [2.24, 2.45) is 0 Å². The summed E-state index contributed by atoms with van der Waals surface area (Å²) in [6, 6.07) is 7.46. The second kappa shape index (κ2) is 7.74. The molecule has 0 aromatic heterocycles. The van der Waals surface area contributed by atoms with Crippen molar-refractivity contribution in [3.8, 4) is 0 Å². The van der Waals surface area contributed by atoms with Gasteiger partial charge in [-0.3, -0.25) is 9.69 Å². The Morgan fingerprint density at radius 3 is 2.40 bits per heavy atom. The van der Waals surface area contributed by atoms with Crippen molar-refractivity contribution in [1.29, 1.82) is 0 Å². The van der Waals surface area contributed by atoms with Gasteiger partial charge in [0.1, 0.15) is 6.04 Å². The van der Waals surface area contributed by atoms with Crippen LogP contribution in [0.2, 0.25) is 0 Å². The summed E-state index contributed by atoms with van der Waals surface area (Å²) in [5, 5.41) is 2.91. The van der Waals surface area contributed by atoms with Crippen molar-refractivity contribution < 1.29 is 14.3 Å². The summed E-state index contributed by atoms with van der Waals surface area (Å²) >= 11 is 0. The van der Waals surface area contributed by atoms with Gasteiger partial charge in [-0.05, 0) is 44.2 Å². The molecule has 0 bridgehead atoms. The summed E-state index contributed by atoms with van der Waals surface area (Å²) in [6.07, 6.45) is 1.04. The van der Waals surface area contributed by atoms with Crippen molar-refractivity contribution >= 4 is 23.4 Å². The van der Waals surface area contributed by atoms with Crippen molar-refractivity contribution in [2.45, 2.75) is 18.9 Å². The smallest absolute Gasteiger partial charge is 0.410 e. The minimum absolute atomic E-state index is 0.157. The number of rotatable bonds is 3. The van der Waals surface area contributed by atoms with Gasteiger partial charge in [0.2, 0.25) is 5.91 Å². The van der Waals surface area contributed by atoms with Crippen LogP contribution in [0.15, 0.2) is 24.3 Å². The Labute approximate surface area is 148 Å². The van der Waals surface area contributed by atoms with Gasteiger partial charge in [-0.2, -0.15) is 0 Å². The van der Waals surface area contributed by atoms with Crippen LogP contribution in [-0.4, -0.2) is 74.7 Å². The van der Waals surface area contributed by atoms with Crippen LogP contribution in [0.4, 0.5) is 16.2 Å². The normalized spacial score (nSPS) is 21.3. The fraction of sp³-hybridized carbons (Fsp3) is 0.556.